The van der Waals surface area contributed by atoms with Crippen LogP contribution in [0, 0.1) is 13.8 Å². The first-order valence-corrected chi connectivity index (χ1v) is 9.31. The van der Waals surface area contributed by atoms with E-state index < -0.39 is 0 Å². The minimum atomic E-state index is -0.382. The van der Waals surface area contributed by atoms with E-state index in [1.807, 2.05) is 29.2 Å². The van der Waals surface area contributed by atoms with Crippen LogP contribution in [0.2, 0.25) is 0 Å². The molecule has 2 aromatic rings. The maximum Gasteiger partial charge on any atom is 0.231 e. The summed E-state index contributed by atoms with van der Waals surface area (Å²) in [6, 6.07) is 14.2. The van der Waals surface area contributed by atoms with E-state index in [1.54, 1.807) is 0 Å². The van der Waals surface area contributed by atoms with Gasteiger partial charge in [0.2, 0.25) is 11.8 Å². The van der Waals surface area contributed by atoms with Crippen molar-refractivity contribution in [1.29, 1.82) is 0 Å². The van der Waals surface area contributed by atoms with Crippen molar-refractivity contribution in [3.63, 3.8) is 0 Å². The number of hydrogen-bond donors (Lipinski definition) is 1. The zero-order valence-corrected chi connectivity index (χ0v) is 15.3. The molecule has 0 saturated carbocycles. The van der Waals surface area contributed by atoms with Crippen LogP contribution in [0.1, 0.15) is 53.5 Å². The third-order valence-electron chi connectivity index (χ3n) is 5.75. The topological polar surface area (TPSA) is 49.4 Å². The van der Waals surface area contributed by atoms with E-state index in [-0.39, 0.29) is 30.2 Å². The molecule has 0 spiro atoms. The highest BCUT2D eigenvalue weighted by Gasteiger charge is 2.38. The van der Waals surface area contributed by atoms with Crippen LogP contribution < -0.4 is 5.32 Å². The second kappa shape index (κ2) is 6.60. The maximum atomic E-state index is 13.4. The quantitative estimate of drug-likeness (QED) is 0.888. The molecule has 0 aliphatic carbocycles. The molecule has 26 heavy (non-hydrogen) atoms. The van der Waals surface area contributed by atoms with Gasteiger partial charge in [0.25, 0.3) is 0 Å². The number of rotatable bonds is 2. The molecule has 0 aromatic heterocycles. The van der Waals surface area contributed by atoms with Gasteiger partial charge in [-0.25, -0.2) is 0 Å². The highest BCUT2D eigenvalue weighted by atomic mass is 16.2. The first-order valence-electron chi connectivity index (χ1n) is 9.31. The molecule has 134 valence electrons. The average Bonchev–Trinajstić information content (AvgIpc) is 3.12. The van der Waals surface area contributed by atoms with Gasteiger partial charge < -0.3 is 10.2 Å². The normalized spacial score (nSPS) is 22.1. The summed E-state index contributed by atoms with van der Waals surface area (Å²) in [7, 11) is 0. The lowest BCUT2D eigenvalue weighted by Crippen LogP contribution is -2.38. The number of para-hydroxylation sites is 1. The predicted molar refractivity (Wildman–Crippen MR) is 102 cm³/mol. The number of hydrogen-bond acceptors (Lipinski definition) is 2. The summed E-state index contributed by atoms with van der Waals surface area (Å²) in [5.41, 5.74) is 5.42. The van der Waals surface area contributed by atoms with Crippen LogP contribution >= 0.6 is 0 Å². The van der Waals surface area contributed by atoms with Crippen molar-refractivity contribution in [1.82, 2.24) is 4.90 Å². The lowest BCUT2D eigenvalue weighted by atomic mass is 9.88. The van der Waals surface area contributed by atoms with Crippen molar-refractivity contribution >= 4 is 17.5 Å². The number of nitrogens with one attached hydrogen (secondary N) is 1. The Hall–Kier alpha value is -2.62. The van der Waals surface area contributed by atoms with Crippen LogP contribution in [0.4, 0.5) is 5.69 Å². The second-order valence-corrected chi connectivity index (χ2v) is 7.43. The van der Waals surface area contributed by atoms with E-state index in [2.05, 4.69) is 37.4 Å². The fourth-order valence-corrected chi connectivity index (χ4v) is 4.18. The molecule has 2 aliphatic rings. The van der Waals surface area contributed by atoms with Gasteiger partial charge in [0.1, 0.15) is 0 Å². The molecule has 0 radical (unpaired) electrons. The third-order valence-corrected chi connectivity index (χ3v) is 5.75. The first-order chi connectivity index (χ1) is 12.5. The lowest BCUT2D eigenvalue weighted by Gasteiger charge is -2.32. The molecule has 0 bridgehead atoms. The fraction of sp³-hybridized carbons (Fsp3) is 0.364. The third kappa shape index (κ3) is 2.90. The van der Waals surface area contributed by atoms with Gasteiger partial charge in [-0.2, -0.15) is 0 Å². The number of amides is 2. The minimum absolute atomic E-state index is 0.0769. The Bertz CT molecular complexity index is 874. The Morgan fingerprint density at radius 2 is 1.92 bits per heavy atom. The molecule has 2 aromatic carbocycles. The zero-order valence-electron chi connectivity index (χ0n) is 15.3. The van der Waals surface area contributed by atoms with E-state index >= 15 is 0 Å². The summed E-state index contributed by atoms with van der Waals surface area (Å²) in [5, 5.41) is 2.88. The highest BCUT2D eigenvalue weighted by molar-refractivity contribution is 6.01. The smallest absolute Gasteiger partial charge is 0.231 e. The van der Waals surface area contributed by atoms with Crippen LogP contribution in [-0.4, -0.2) is 23.3 Å². The molecule has 2 atom stereocenters. The molecule has 2 heterocycles. The first kappa shape index (κ1) is 16.8. The Kier molecular flexibility index (Phi) is 4.27. The van der Waals surface area contributed by atoms with Crippen molar-refractivity contribution in [2.75, 3.05) is 11.9 Å². The lowest BCUT2D eigenvalue weighted by molar-refractivity contribution is -0.135. The number of fused-ring (bicyclic) bond motifs is 1. The Morgan fingerprint density at radius 1 is 1.12 bits per heavy atom. The highest BCUT2D eigenvalue weighted by Crippen LogP contribution is 2.39. The zero-order chi connectivity index (χ0) is 18.3. The number of carbonyl (C=O) groups is 2. The van der Waals surface area contributed by atoms with Gasteiger partial charge in [0.05, 0.1) is 12.0 Å². The van der Waals surface area contributed by atoms with Gasteiger partial charge in [0, 0.05) is 18.7 Å². The number of benzene rings is 2. The average molecular weight is 348 g/mol. The Balaban J connectivity index is 1.65. The number of carbonyl (C=O) groups excluding carboxylic acids is 2. The summed E-state index contributed by atoms with van der Waals surface area (Å²) >= 11 is 0. The van der Waals surface area contributed by atoms with E-state index in [4.69, 9.17) is 0 Å². The molecule has 4 heteroatoms. The standard InChI is InChI=1S/C22H24N2O2/c1-14-9-10-16(12-15(14)2)20-8-5-11-24(20)22(26)18-13-21(25)23-19-7-4-3-6-17(18)19/h3-4,6-7,9-10,12,18,20H,5,8,11,13H2,1-2H3,(H,23,25)/t18-,20+/m0/s1. The minimum Gasteiger partial charge on any atom is -0.335 e. The maximum absolute atomic E-state index is 13.4. The molecule has 1 saturated heterocycles. The molecule has 2 aliphatic heterocycles. The largest absolute Gasteiger partial charge is 0.335 e. The number of aryl methyl sites for hydroxylation is 2. The second-order valence-electron chi connectivity index (χ2n) is 7.43. The van der Waals surface area contributed by atoms with Crippen molar-refractivity contribution in [2.24, 2.45) is 0 Å². The van der Waals surface area contributed by atoms with Crippen molar-refractivity contribution < 1.29 is 9.59 Å². The molecule has 1 fully saturated rings. The van der Waals surface area contributed by atoms with Gasteiger partial charge in [-0.05, 0) is 55.0 Å². The van der Waals surface area contributed by atoms with Crippen LogP contribution in [-0.2, 0) is 9.59 Å². The summed E-state index contributed by atoms with van der Waals surface area (Å²) in [5.74, 6) is -0.385. The fourth-order valence-electron chi connectivity index (χ4n) is 4.18. The van der Waals surface area contributed by atoms with Crippen molar-refractivity contribution in [3.8, 4) is 0 Å². The molecule has 2 amide bonds. The molecule has 4 nitrogen and oxygen atoms in total. The summed E-state index contributed by atoms with van der Waals surface area (Å²) in [4.78, 5) is 27.5. The molecule has 0 unspecified atom stereocenters. The molecule has 4 rings (SSSR count). The Morgan fingerprint density at radius 3 is 2.73 bits per heavy atom. The molecule has 1 N–H and O–H groups in total. The number of likely N-dealkylation sites (tertiary alicyclic amines) is 1. The SMILES string of the molecule is Cc1ccc([C@H]2CCCN2C(=O)[C@H]2CC(=O)Nc3ccccc32)cc1C. The van der Waals surface area contributed by atoms with Crippen molar-refractivity contribution in [2.45, 2.75) is 45.1 Å². The van der Waals surface area contributed by atoms with Crippen LogP contribution in [0.5, 0.6) is 0 Å². The van der Waals surface area contributed by atoms with E-state index in [9.17, 15) is 9.59 Å². The summed E-state index contributed by atoms with van der Waals surface area (Å²) < 4.78 is 0. The Labute approximate surface area is 154 Å². The van der Waals surface area contributed by atoms with Gasteiger partial charge in [-0.15, -0.1) is 0 Å². The molecular weight excluding hydrogens is 324 g/mol. The monoisotopic (exact) mass is 348 g/mol. The van der Waals surface area contributed by atoms with E-state index in [1.165, 1.54) is 16.7 Å². The molecular formula is C22H24N2O2. The van der Waals surface area contributed by atoms with E-state index in [0.717, 1.165) is 30.6 Å². The van der Waals surface area contributed by atoms with Crippen molar-refractivity contribution in [3.05, 3.63) is 64.7 Å². The summed E-state index contributed by atoms with van der Waals surface area (Å²) in [6.07, 6.45) is 2.21. The van der Waals surface area contributed by atoms with Crippen LogP contribution in [0.3, 0.4) is 0 Å². The van der Waals surface area contributed by atoms with Crippen LogP contribution in [0.25, 0.3) is 0 Å². The van der Waals surface area contributed by atoms with Gasteiger partial charge in [-0.3, -0.25) is 9.59 Å². The summed E-state index contributed by atoms with van der Waals surface area (Å²) in [6.45, 7) is 4.98. The van der Waals surface area contributed by atoms with Crippen LogP contribution in [0.15, 0.2) is 42.5 Å². The van der Waals surface area contributed by atoms with Gasteiger partial charge >= 0.3 is 0 Å². The van der Waals surface area contributed by atoms with Gasteiger partial charge in [-0.1, -0.05) is 36.4 Å². The van der Waals surface area contributed by atoms with Gasteiger partial charge in [0.15, 0.2) is 0 Å². The number of anilines is 1. The number of nitrogens with zero attached hydrogens (tertiary/aromatic N) is 1. The van der Waals surface area contributed by atoms with E-state index in [0.29, 0.717) is 0 Å². The predicted octanol–water partition coefficient (Wildman–Crippen LogP) is 4.09.